The third-order valence-electron chi connectivity index (χ3n) is 3.73. The lowest BCUT2D eigenvalue weighted by molar-refractivity contribution is -0.115. The van der Waals surface area contributed by atoms with Gasteiger partial charge in [0, 0.05) is 24.0 Å². The van der Waals surface area contributed by atoms with Crippen LogP contribution in [0, 0.1) is 6.92 Å². The van der Waals surface area contributed by atoms with Gasteiger partial charge in [0.05, 0.1) is 13.2 Å². The van der Waals surface area contributed by atoms with E-state index in [4.69, 9.17) is 14.2 Å². The predicted molar refractivity (Wildman–Crippen MR) is 87.0 cm³/mol. The minimum Gasteiger partial charge on any atom is -0.488 e. The minimum absolute atomic E-state index is 0.0871. The molecule has 3 unspecified atom stereocenters. The Morgan fingerprint density at radius 1 is 1.33 bits per heavy atom. The monoisotopic (exact) mass is 357 g/mol. The number of benzene rings is 1. The molecule has 0 spiro atoms. The molecule has 1 fully saturated rings. The smallest absolute Gasteiger partial charge is 0.128 e. The maximum atomic E-state index is 6.08. The first kappa shape index (κ1) is 16.7. The third-order valence-corrected chi connectivity index (χ3v) is 4.62. The molecule has 2 rings (SSSR count). The Balaban J connectivity index is 1.92. The SMILES string of the molecule is CCNC1CC(Oc2ccc(Br)c(C)c2)C1OCCOC. The number of ether oxygens (including phenoxy) is 3. The van der Waals surface area contributed by atoms with E-state index in [9.17, 15) is 0 Å². The van der Waals surface area contributed by atoms with Crippen LogP contribution in [0.15, 0.2) is 22.7 Å². The van der Waals surface area contributed by atoms with E-state index in [1.807, 2.05) is 12.1 Å². The van der Waals surface area contributed by atoms with Crippen molar-refractivity contribution in [2.45, 2.75) is 38.5 Å². The average Bonchev–Trinajstić information content (AvgIpc) is 2.46. The molecule has 1 saturated carbocycles. The van der Waals surface area contributed by atoms with Gasteiger partial charge in [-0.1, -0.05) is 22.9 Å². The molecule has 4 nitrogen and oxygen atoms in total. The van der Waals surface area contributed by atoms with Gasteiger partial charge in [-0.2, -0.15) is 0 Å². The first-order chi connectivity index (χ1) is 10.2. The number of nitrogens with one attached hydrogen (secondary N) is 1. The molecule has 0 heterocycles. The van der Waals surface area contributed by atoms with E-state index in [0.717, 1.165) is 23.2 Å². The van der Waals surface area contributed by atoms with Crippen LogP contribution >= 0.6 is 15.9 Å². The number of likely N-dealkylation sites (N-methyl/N-ethyl adjacent to an activating group) is 1. The quantitative estimate of drug-likeness (QED) is 0.726. The molecule has 0 bridgehead atoms. The van der Waals surface area contributed by atoms with Gasteiger partial charge in [-0.25, -0.2) is 0 Å². The highest BCUT2D eigenvalue weighted by atomic mass is 79.9. The minimum atomic E-state index is 0.0871. The molecule has 1 aromatic carbocycles. The summed E-state index contributed by atoms with van der Waals surface area (Å²) in [7, 11) is 1.69. The van der Waals surface area contributed by atoms with Crippen LogP contribution in [0.2, 0.25) is 0 Å². The van der Waals surface area contributed by atoms with Crippen molar-refractivity contribution in [2.24, 2.45) is 0 Å². The summed E-state index contributed by atoms with van der Waals surface area (Å²) in [4.78, 5) is 0. The van der Waals surface area contributed by atoms with E-state index in [1.165, 1.54) is 5.56 Å². The second-order valence-electron chi connectivity index (χ2n) is 5.30. The number of rotatable bonds is 8. The maximum absolute atomic E-state index is 6.08. The van der Waals surface area contributed by atoms with Crippen molar-refractivity contribution in [3.63, 3.8) is 0 Å². The van der Waals surface area contributed by atoms with Crippen LogP contribution in [0.4, 0.5) is 0 Å². The van der Waals surface area contributed by atoms with Crippen LogP contribution in [-0.4, -0.2) is 45.1 Å². The fourth-order valence-electron chi connectivity index (χ4n) is 2.51. The first-order valence-electron chi connectivity index (χ1n) is 7.42. The number of methoxy groups -OCH3 is 1. The van der Waals surface area contributed by atoms with Crippen molar-refractivity contribution in [3.8, 4) is 5.75 Å². The Labute approximate surface area is 135 Å². The Bertz CT molecular complexity index is 455. The van der Waals surface area contributed by atoms with Gasteiger partial charge in [0.1, 0.15) is 18.0 Å². The summed E-state index contributed by atoms with van der Waals surface area (Å²) >= 11 is 3.51. The van der Waals surface area contributed by atoms with Crippen molar-refractivity contribution in [1.29, 1.82) is 0 Å². The van der Waals surface area contributed by atoms with E-state index < -0.39 is 0 Å². The molecular weight excluding hydrogens is 334 g/mol. The Kier molecular flexibility index (Phi) is 6.48. The first-order valence-corrected chi connectivity index (χ1v) is 8.21. The van der Waals surface area contributed by atoms with Crippen molar-refractivity contribution in [3.05, 3.63) is 28.2 Å². The zero-order chi connectivity index (χ0) is 15.2. The van der Waals surface area contributed by atoms with Crippen LogP contribution in [0.3, 0.4) is 0 Å². The molecule has 0 aliphatic heterocycles. The summed E-state index contributed by atoms with van der Waals surface area (Å²) in [6.07, 6.45) is 1.16. The summed E-state index contributed by atoms with van der Waals surface area (Å²) in [6, 6.07) is 6.43. The molecule has 0 radical (unpaired) electrons. The molecule has 1 aromatic rings. The van der Waals surface area contributed by atoms with Gasteiger partial charge < -0.3 is 19.5 Å². The normalized spacial score (nSPS) is 24.7. The molecule has 118 valence electrons. The van der Waals surface area contributed by atoms with Gasteiger partial charge in [0.25, 0.3) is 0 Å². The largest absolute Gasteiger partial charge is 0.488 e. The molecule has 0 aromatic heterocycles. The summed E-state index contributed by atoms with van der Waals surface area (Å²) in [5.74, 6) is 0.899. The van der Waals surface area contributed by atoms with Gasteiger partial charge >= 0.3 is 0 Å². The second kappa shape index (κ2) is 8.13. The highest BCUT2D eigenvalue weighted by Crippen LogP contribution is 2.30. The summed E-state index contributed by atoms with van der Waals surface area (Å²) < 4.78 is 18.1. The zero-order valence-electron chi connectivity index (χ0n) is 12.9. The molecule has 1 aliphatic rings. The second-order valence-corrected chi connectivity index (χ2v) is 6.15. The Morgan fingerprint density at radius 3 is 2.81 bits per heavy atom. The Hall–Kier alpha value is -0.620. The molecule has 0 saturated heterocycles. The van der Waals surface area contributed by atoms with Gasteiger partial charge in [0.15, 0.2) is 0 Å². The molecule has 1 aliphatic carbocycles. The predicted octanol–water partition coefficient (Wildman–Crippen LogP) is 2.92. The van der Waals surface area contributed by atoms with E-state index in [1.54, 1.807) is 7.11 Å². The highest BCUT2D eigenvalue weighted by molar-refractivity contribution is 9.10. The number of hydrogen-bond donors (Lipinski definition) is 1. The van der Waals surface area contributed by atoms with E-state index in [2.05, 4.69) is 41.2 Å². The van der Waals surface area contributed by atoms with Gasteiger partial charge in [-0.15, -0.1) is 0 Å². The summed E-state index contributed by atoms with van der Waals surface area (Å²) in [5.41, 5.74) is 1.17. The van der Waals surface area contributed by atoms with Crippen molar-refractivity contribution < 1.29 is 14.2 Å². The zero-order valence-corrected chi connectivity index (χ0v) is 14.5. The van der Waals surface area contributed by atoms with E-state index in [0.29, 0.717) is 19.3 Å². The third kappa shape index (κ3) is 4.42. The molecular formula is C16H24BrNO3. The van der Waals surface area contributed by atoms with Crippen LogP contribution in [0.25, 0.3) is 0 Å². The van der Waals surface area contributed by atoms with Crippen LogP contribution in [0.5, 0.6) is 5.75 Å². The van der Waals surface area contributed by atoms with Crippen molar-refractivity contribution in [1.82, 2.24) is 5.32 Å². The molecule has 0 amide bonds. The van der Waals surface area contributed by atoms with Crippen molar-refractivity contribution >= 4 is 15.9 Å². The molecule has 21 heavy (non-hydrogen) atoms. The van der Waals surface area contributed by atoms with E-state index in [-0.39, 0.29) is 12.2 Å². The van der Waals surface area contributed by atoms with Gasteiger partial charge in [-0.05, 0) is 37.2 Å². The summed E-state index contributed by atoms with van der Waals surface area (Å²) in [5, 5.41) is 3.44. The molecule has 1 N–H and O–H groups in total. The fourth-order valence-corrected chi connectivity index (χ4v) is 2.76. The topological polar surface area (TPSA) is 39.7 Å². The number of hydrogen-bond acceptors (Lipinski definition) is 4. The number of aryl methyl sites for hydroxylation is 1. The van der Waals surface area contributed by atoms with Gasteiger partial charge in [-0.3, -0.25) is 0 Å². The molecule has 3 atom stereocenters. The summed E-state index contributed by atoms with van der Waals surface area (Å²) in [6.45, 7) is 6.32. The lowest BCUT2D eigenvalue weighted by atomic mass is 9.85. The van der Waals surface area contributed by atoms with Crippen LogP contribution < -0.4 is 10.1 Å². The average molecular weight is 358 g/mol. The number of halogens is 1. The lowest BCUT2D eigenvalue weighted by Gasteiger charge is -2.44. The van der Waals surface area contributed by atoms with Crippen LogP contribution in [-0.2, 0) is 9.47 Å². The van der Waals surface area contributed by atoms with Crippen LogP contribution in [0.1, 0.15) is 18.9 Å². The standard InChI is InChI=1S/C16H24BrNO3/c1-4-18-14-10-15(16(14)20-8-7-19-3)21-12-5-6-13(17)11(2)9-12/h5-6,9,14-16,18H,4,7-8,10H2,1-3H3. The fraction of sp³-hybridized carbons (Fsp3) is 0.625. The van der Waals surface area contributed by atoms with Gasteiger partial charge in [0.2, 0.25) is 0 Å². The lowest BCUT2D eigenvalue weighted by Crippen LogP contribution is -2.61. The van der Waals surface area contributed by atoms with Crippen molar-refractivity contribution in [2.75, 3.05) is 26.9 Å². The Morgan fingerprint density at radius 2 is 2.14 bits per heavy atom. The highest BCUT2D eigenvalue weighted by Gasteiger charge is 2.43. The maximum Gasteiger partial charge on any atom is 0.128 e. The van der Waals surface area contributed by atoms with E-state index >= 15 is 0 Å². The molecule has 5 heteroatoms.